The van der Waals surface area contributed by atoms with Crippen molar-refractivity contribution in [3.05, 3.63) is 95.1 Å². The quantitative estimate of drug-likeness (QED) is 0.596. The van der Waals surface area contributed by atoms with E-state index in [4.69, 9.17) is 4.74 Å². The van der Waals surface area contributed by atoms with Gasteiger partial charge in [0.05, 0.1) is 11.4 Å². The first-order valence-electron chi connectivity index (χ1n) is 10.1. The van der Waals surface area contributed by atoms with E-state index in [-0.39, 0.29) is 23.5 Å². The third-order valence-corrected chi connectivity index (χ3v) is 6.68. The average Bonchev–Trinajstić information content (AvgIpc) is 3.20. The molecule has 0 saturated carbocycles. The molecule has 1 heterocycles. The number of fused-ring (bicyclic) bond motifs is 1. The van der Waals surface area contributed by atoms with Crippen LogP contribution in [-0.4, -0.2) is 27.0 Å². The van der Waals surface area contributed by atoms with Gasteiger partial charge in [-0.3, -0.25) is 4.79 Å². The fourth-order valence-corrected chi connectivity index (χ4v) is 4.58. The lowest BCUT2D eigenvalue weighted by molar-refractivity contribution is 0.0932. The zero-order valence-corrected chi connectivity index (χ0v) is 18.0. The Morgan fingerprint density at radius 3 is 2.55 bits per heavy atom. The minimum absolute atomic E-state index is 0.0590. The third-order valence-electron chi connectivity index (χ3n) is 5.28. The van der Waals surface area contributed by atoms with Crippen LogP contribution < -0.4 is 14.8 Å². The van der Waals surface area contributed by atoms with Crippen molar-refractivity contribution in [3.8, 4) is 5.75 Å². The highest BCUT2D eigenvalue weighted by molar-refractivity contribution is 7.89. The number of aryl methyl sites for hydroxylation is 1. The Balaban J connectivity index is 1.41. The Labute approximate surface area is 182 Å². The molecule has 0 bridgehead atoms. The van der Waals surface area contributed by atoms with Gasteiger partial charge >= 0.3 is 0 Å². The molecule has 1 aliphatic heterocycles. The lowest BCUT2D eigenvalue weighted by Crippen LogP contribution is -2.35. The summed E-state index contributed by atoms with van der Waals surface area (Å²) in [5, 5.41) is 2.87. The Kier molecular flexibility index (Phi) is 6.06. The van der Waals surface area contributed by atoms with E-state index in [1.54, 1.807) is 13.0 Å². The normalized spacial score (nSPS) is 15.2. The molecule has 0 fully saturated rings. The highest BCUT2D eigenvalue weighted by Crippen LogP contribution is 2.27. The topological polar surface area (TPSA) is 84.5 Å². The zero-order valence-electron chi connectivity index (χ0n) is 17.2. The largest absolute Gasteiger partial charge is 0.488 e. The molecule has 1 atom stereocenters. The minimum atomic E-state index is -3.75. The molecule has 160 valence electrons. The molecule has 1 amide bonds. The van der Waals surface area contributed by atoms with Crippen LogP contribution in [0.4, 0.5) is 0 Å². The summed E-state index contributed by atoms with van der Waals surface area (Å²) >= 11 is 0. The van der Waals surface area contributed by atoms with E-state index < -0.39 is 10.0 Å². The maximum Gasteiger partial charge on any atom is 0.251 e. The van der Waals surface area contributed by atoms with Gasteiger partial charge in [0, 0.05) is 18.5 Å². The molecule has 0 aliphatic carbocycles. The first-order valence-corrected chi connectivity index (χ1v) is 11.6. The third kappa shape index (κ3) is 4.95. The predicted molar refractivity (Wildman–Crippen MR) is 119 cm³/mol. The average molecular weight is 437 g/mol. The van der Waals surface area contributed by atoms with Gasteiger partial charge in [0.25, 0.3) is 5.91 Å². The number of amides is 1. The number of hydrogen-bond donors (Lipinski definition) is 2. The van der Waals surface area contributed by atoms with E-state index in [9.17, 15) is 13.2 Å². The lowest BCUT2D eigenvalue weighted by atomic mass is 10.1. The molecule has 3 aromatic rings. The van der Waals surface area contributed by atoms with E-state index in [0.717, 1.165) is 23.3 Å². The molecule has 3 aromatic carbocycles. The van der Waals surface area contributed by atoms with Gasteiger partial charge in [-0.25, -0.2) is 13.1 Å². The summed E-state index contributed by atoms with van der Waals surface area (Å²) in [6, 6.07) is 21.7. The maximum atomic E-state index is 12.8. The molecular weight excluding hydrogens is 412 g/mol. The minimum Gasteiger partial charge on any atom is -0.488 e. The van der Waals surface area contributed by atoms with Crippen LogP contribution in [0.1, 0.15) is 27.0 Å². The Bertz CT molecular complexity index is 1170. The number of hydrogen-bond acceptors (Lipinski definition) is 4. The van der Waals surface area contributed by atoms with E-state index in [2.05, 4.69) is 10.0 Å². The molecule has 0 spiro atoms. The Morgan fingerprint density at radius 1 is 1.03 bits per heavy atom. The number of sulfonamides is 1. The van der Waals surface area contributed by atoms with Gasteiger partial charge in [-0.1, -0.05) is 54.6 Å². The van der Waals surface area contributed by atoms with E-state index >= 15 is 0 Å². The van der Waals surface area contributed by atoms with E-state index in [1.807, 2.05) is 54.6 Å². The predicted octanol–water partition coefficient (Wildman–Crippen LogP) is 3.21. The number of carbonyl (C=O) groups excluding carboxylic acids is 1. The van der Waals surface area contributed by atoms with Crippen LogP contribution in [0, 0.1) is 6.92 Å². The van der Waals surface area contributed by atoms with Crippen LogP contribution in [-0.2, 0) is 23.0 Å². The van der Waals surface area contributed by atoms with Gasteiger partial charge < -0.3 is 10.1 Å². The molecule has 0 radical (unpaired) electrons. The van der Waals surface area contributed by atoms with E-state index in [1.165, 1.54) is 12.1 Å². The van der Waals surface area contributed by atoms with Crippen LogP contribution in [0.15, 0.2) is 77.7 Å². The van der Waals surface area contributed by atoms with Gasteiger partial charge in [-0.15, -0.1) is 0 Å². The van der Waals surface area contributed by atoms with Crippen LogP contribution in [0.25, 0.3) is 0 Å². The molecular formula is C24H24N2O4S. The fraction of sp³-hybridized carbons (Fsp3) is 0.208. The van der Waals surface area contributed by atoms with Crippen molar-refractivity contribution in [1.29, 1.82) is 0 Å². The second-order valence-corrected chi connectivity index (χ2v) is 9.32. The second-order valence-electron chi connectivity index (χ2n) is 7.55. The van der Waals surface area contributed by atoms with Crippen molar-refractivity contribution in [3.63, 3.8) is 0 Å². The van der Waals surface area contributed by atoms with Crippen LogP contribution in [0.2, 0.25) is 0 Å². The Morgan fingerprint density at radius 2 is 1.77 bits per heavy atom. The summed E-state index contributed by atoms with van der Waals surface area (Å²) in [5.41, 5.74) is 3.01. The summed E-state index contributed by atoms with van der Waals surface area (Å²) in [4.78, 5) is 12.8. The van der Waals surface area contributed by atoms with Gasteiger partial charge in [0.1, 0.15) is 11.9 Å². The van der Waals surface area contributed by atoms with Crippen LogP contribution in [0.5, 0.6) is 5.75 Å². The molecule has 7 heteroatoms. The van der Waals surface area contributed by atoms with Crippen molar-refractivity contribution in [2.24, 2.45) is 0 Å². The molecule has 1 unspecified atom stereocenters. The maximum absolute atomic E-state index is 12.8. The number of para-hydroxylation sites is 1. The summed E-state index contributed by atoms with van der Waals surface area (Å²) < 4.78 is 33.9. The van der Waals surface area contributed by atoms with Crippen molar-refractivity contribution >= 4 is 15.9 Å². The van der Waals surface area contributed by atoms with Crippen molar-refractivity contribution in [2.45, 2.75) is 30.9 Å². The summed E-state index contributed by atoms with van der Waals surface area (Å²) in [6.07, 6.45) is 0.592. The summed E-state index contributed by atoms with van der Waals surface area (Å²) in [5.74, 6) is 0.521. The first kappa shape index (κ1) is 21.1. The van der Waals surface area contributed by atoms with Crippen LogP contribution in [0.3, 0.4) is 0 Å². The zero-order chi connectivity index (χ0) is 21.8. The summed E-state index contributed by atoms with van der Waals surface area (Å²) in [6.45, 7) is 2.30. The summed E-state index contributed by atoms with van der Waals surface area (Å²) in [7, 11) is -3.75. The highest BCUT2D eigenvalue weighted by Gasteiger charge is 2.24. The number of ether oxygens (including phenoxy) is 1. The molecule has 4 rings (SSSR count). The number of nitrogens with one attached hydrogen (secondary N) is 2. The molecule has 6 nitrogen and oxygen atoms in total. The lowest BCUT2D eigenvalue weighted by Gasteiger charge is -2.14. The van der Waals surface area contributed by atoms with Gasteiger partial charge in [-0.05, 0) is 41.8 Å². The molecule has 2 N–H and O–H groups in total. The standard InChI is InChI=1S/C24H24N2O4S/c1-17-11-12-21(31(28,29)26-15-18-7-3-2-4-8-18)14-22(17)24(27)25-16-20-13-19-9-5-6-10-23(19)30-20/h2-12,14,20,26H,13,15-16H2,1H3,(H,25,27). The monoisotopic (exact) mass is 436 g/mol. The highest BCUT2D eigenvalue weighted by atomic mass is 32.2. The second kappa shape index (κ2) is 8.91. The van der Waals surface area contributed by atoms with Gasteiger partial charge in [0.15, 0.2) is 0 Å². The molecule has 0 saturated heterocycles. The van der Waals surface area contributed by atoms with Crippen LogP contribution >= 0.6 is 0 Å². The molecule has 1 aliphatic rings. The first-order chi connectivity index (χ1) is 14.9. The SMILES string of the molecule is Cc1ccc(S(=O)(=O)NCc2ccccc2)cc1C(=O)NCC1Cc2ccccc2O1. The number of rotatable bonds is 7. The van der Waals surface area contributed by atoms with Gasteiger partial charge in [0.2, 0.25) is 10.0 Å². The van der Waals surface area contributed by atoms with Gasteiger partial charge in [-0.2, -0.15) is 0 Å². The number of benzene rings is 3. The van der Waals surface area contributed by atoms with Crippen molar-refractivity contribution in [2.75, 3.05) is 6.54 Å². The Hall–Kier alpha value is -3.16. The van der Waals surface area contributed by atoms with Crippen molar-refractivity contribution < 1.29 is 17.9 Å². The fourth-order valence-electron chi connectivity index (χ4n) is 3.54. The van der Waals surface area contributed by atoms with Crippen molar-refractivity contribution in [1.82, 2.24) is 10.0 Å². The number of carbonyl (C=O) groups is 1. The molecule has 0 aromatic heterocycles. The smallest absolute Gasteiger partial charge is 0.251 e. The molecule has 31 heavy (non-hydrogen) atoms. The van der Waals surface area contributed by atoms with E-state index in [0.29, 0.717) is 17.7 Å².